The number of hydrogen-bond donors (Lipinski definition) is 1. The molecular formula is C29H36O3. The van der Waals surface area contributed by atoms with Crippen molar-refractivity contribution in [3.05, 3.63) is 83.9 Å². The molecule has 0 fully saturated rings. The summed E-state index contributed by atoms with van der Waals surface area (Å²) in [6.07, 6.45) is 7.16. The molecule has 1 unspecified atom stereocenters. The second-order valence-electron chi connectivity index (χ2n) is 8.34. The number of aliphatic hydroxyl groups is 1. The lowest BCUT2D eigenvalue weighted by molar-refractivity contribution is 0.199. The van der Waals surface area contributed by atoms with Gasteiger partial charge in [0.1, 0.15) is 18.1 Å². The first-order valence-electron chi connectivity index (χ1n) is 11.9. The number of hydrogen-bond acceptors (Lipinski definition) is 3. The Morgan fingerprint density at radius 1 is 0.750 bits per heavy atom. The molecule has 3 rings (SSSR count). The van der Waals surface area contributed by atoms with E-state index >= 15 is 0 Å². The van der Waals surface area contributed by atoms with Crippen molar-refractivity contribution >= 4 is 0 Å². The number of benzene rings is 3. The third-order valence-corrected chi connectivity index (χ3v) is 5.68. The predicted octanol–water partition coefficient (Wildman–Crippen LogP) is 7.73. The molecule has 0 saturated carbocycles. The smallest absolute Gasteiger partial charge is 0.127 e. The maximum Gasteiger partial charge on any atom is 0.127 e. The van der Waals surface area contributed by atoms with Gasteiger partial charge in [0, 0.05) is 5.56 Å². The van der Waals surface area contributed by atoms with Crippen molar-refractivity contribution in [2.45, 2.75) is 65.1 Å². The number of aliphatic hydroxyl groups excluding tert-OH is 1. The average Bonchev–Trinajstić information content (AvgIpc) is 2.83. The number of rotatable bonds is 13. The van der Waals surface area contributed by atoms with Gasteiger partial charge in [0.05, 0.1) is 12.7 Å². The first kappa shape index (κ1) is 23.9. The maximum atomic E-state index is 9.74. The molecule has 0 saturated heterocycles. The van der Waals surface area contributed by atoms with Gasteiger partial charge < -0.3 is 14.6 Å². The molecule has 3 aromatic carbocycles. The molecule has 0 radical (unpaired) electrons. The van der Waals surface area contributed by atoms with Crippen LogP contribution in [-0.2, 0) is 6.61 Å². The zero-order valence-corrected chi connectivity index (χ0v) is 19.4. The predicted molar refractivity (Wildman–Crippen MR) is 132 cm³/mol. The highest BCUT2D eigenvalue weighted by atomic mass is 16.5. The summed E-state index contributed by atoms with van der Waals surface area (Å²) >= 11 is 0. The quantitative estimate of drug-likeness (QED) is 0.281. The molecule has 0 amide bonds. The summed E-state index contributed by atoms with van der Waals surface area (Å²) in [6, 6.07) is 24.2. The largest absolute Gasteiger partial charge is 0.494 e. The van der Waals surface area contributed by atoms with Gasteiger partial charge in [0.25, 0.3) is 0 Å². The minimum absolute atomic E-state index is 0.465. The van der Waals surface area contributed by atoms with Crippen LogP contribution in [0.4, 0.5) is 0 Å². The van der Waals surface area contributed by atoms with Crippen molar-refractivity contribution in [1.29, 1.82) is 0 Å². The molecule has 1 atom stereocenters. The minimum Gasteiger partial charge on any atom is -0.494 e. The monoisotopic (exact) mass is 432 g/mol. The highest BCUT2D eigenvalue weighted by molar-refractivity contribution is 5.70. The molecule has 0 aliphatic heterocycles. The van der Waals surface area contributed by atoms with Crippen LogP contribution in [0.15, 0.2) is 72.8 Å². The van der Waals surface area contributed by atoms with Gasteiger partial charge in [-0.05, 0) is 48.2 Å². The van der Waals surface area contributed by atoms with Gasteiger partial charge in [-0.3, -0.25) is 0 Å². The third-order valence-electron chi connectivity index (χ3n) is 5.68. The van der Waals surface area contributed by atoms with E-state index in [-0.39, 0.29) is 0 Å². The SMILES string of the molecule is CCCCCCCCOc1ccc(COc2ccccc2-c2ccc(C(C)O)cc2)cc1. The zero-order valence-electron chi connectivity index (χ0n) is 19.4. The van der Waals surface area contributed by atoms with Crippen LogP contribution in [0.5, 0.6) is 11.5 Å². The molecule has 0 aliphatic carbocycles. The number of ether oxygens (including phenoxy) is 2. The Balaban J connectivity index is 1.50. The van der Waals surface area contributed by atoms with Crippen LogP contribution in [-0.4, -0.2) is 11.7 Å². The molecule has 3 nitrogen and oxygen atoms in total. The van der Waals surface area contributed by atoms with Gasteiger partial charge in [0.2, 0.25) is 0 Å². The first-order valence-corrected chi connectivity index (χ1v) is 11.9. The number of para-hydroxylation sites is 1. The van der Waals surface area contributed by atoms with Crippen molar-refractivity contribution in [2.24, 2.45) is 0 Å². The van der Waals surface area contributed by atoms with Crippen LogP contribution in [0.25, 0.3) is 11.1 Å². The van der Waals surface area contributed by atoms with E-state index in [2.05, 4.69) is 25.1 Å². The molecule has 32 heavy (non-hydrogen) atoms. The van der Waals surface area contributed by atoms with Crippen LogP contribution in [0.2, 0.25) is 0 Å². The highest BCUT2D eigenvalue weighted by Crippen LogP contribution is 2.31. The summed E-state index contributed by atoms with van der Waals surface area (Å²) in [5.74, 6) is 1.77. The average molecular weight is 433 g/mol. The van der Waals surface area contributed by atoms with E-state index in [1.54, 1.807) is 6.92 Å². The van der Waals surface area contributed by atoms with Crippen molar-refractivity contribution in [1.82, 2.24) is 0 Å². The van der Waals surface area contributed by atoms with Gasteiger partial charge in [0.15, 0.2) is 0 Å². The fourth-order valence-corrected chi connectivity index (χ4v) is 3.69. The van der Waals surface area contributed by atoms with Crippen LogP contribution in [0.1, 0.15) is 69.6 Å². The van der Waals surface area contributed by atoms with Crippen molar-refractivity contribution in [3.63, 3.8) is 0 Å². The van der Waals surface area contributed by atoms with E-state index in [4.69, 9.17) is 9.47 Å². The summed E-state index contributed by atoms with van der Waals surface area (Å²) in [5.41, 5.74) is 4.13. The molecule has 1 N–H and O–H groups in total. The van der Waals surface area contributed by atoms with Crippen LogP contribution in [0.3, 0.4) is 0 Å². The fraction of sp³-hybridized carbons (Fsp3) is 0.379. The van der Waals surface area contributed by atoms with E-state index in [1.807, 2.05) is 54.6 Å². The Labute approximate surface area is 193 Å². The standard InChI is InChI=1S/C29H36O3/c1-3-4-5-6-7-10-21-31-27-19-13-24(14-20-27)22-32-29-12-9-8-11-28(29)26-17-15-25(16-18-26)23(2)30/h8-9,11-20,23,30H,3-7,10,21-22H2,1-2H3. The van der Waals surface area contributed by atoms with E-state index < -0.39 is 6.10 Å². The molecule has 0 spiro atoms. The first-order chi connectivity index (χ1) is 15.7. The van der Waals surface area contributed by atoms with E-state index in [0.717, 1.165) is 46.8 Å². The van der Waals surface area contributed by atoms with Gasteiger partial charge >= 0.3 is 0 Å². The van der Waals surface area contributed by atoms with Crippen LogP contribution in [0, 0.1) is 0 Å². The van der Waals surface area contributed by atoms with Gasteiger partial charge in [-0.15, -0.1) is 0 Å². The van der Waals surface area contributed by atoms with Crippen LogP contribution < -0.4 is 9.47 Å². The molecule has 0 aromatic heterocycles. The zero-order chi connectivity index (χ0) is 22.6. The molecule has 3 aromatic rings. The van der Waals surface area contributed by atoms with E-state index in [0.29, 0.717) is 6.61 Å². The lowest BCUT2D eigenvalue weighted by Crippen LogP contribution is -1.99. The topological polar surface area (TPSA) is 38.7 Å². The highest BCUT2D eigenvalue weighted by Gasteiger charge is 2.08. The lowest BCUT2D eigenvalue weighted by atomic mass is 10.0. The molecule has 0 heterocycles. The molecule has 0 bridgehead atoms. The summed E-state index contributed by atoms with van der Waals surface area (Å²) in [7, 11) is 0. The second-order valence-corrected chi connectivity index (χ2v) is 8.34. The van der Waals surface area contributed by atoms with Gasteiger partial charge in [-0.1, -0.05) is 93.6 Å². The Morgan fingerprint density at radius 2 is 1.44 bits per heavy atom. The van der Waals surface area contributed by atoms with Crippen molar-refractivity contribution < 1.29 is 14.6 Å². The molecular weight excluding hydrogens is 396 g/mol. The normalized spacial score (nSPS) is 11.8. The summed E-state index contributed by atoms with van der Waals surface area (Å²) in [4.78, 5) is 0. The lowest BCUT2D eigenvalue weighted by Gasteiger charge is -2.13. The Bertz CT molecular complexity index is 914. The molecule has 0 aliphatic rings. The van der Waals surface area contributed by atoms with Gasteiger partial charge in [-0.2, -0.15) is 0 Å². The molecule has 170 valence electrons. The fourth-order valence-electron chi connectivity index (χ4n) is 3.69. The second kappa shape index (κ2) is 12.9. The molecule has 3 heteroatoms. The maximum absolute atomic E-state index is 9.74. The van der Waals surface area contributed by atoms with E-state index in [1.165, 1.54) is 32.1 Å². The summed E-state index contributed by atoms with van der Waals surface area (Å²) in [6.45, 7) is 5.30. The third kappa shape index (κ3) is 7.42. The Hall–Kier alpha value is -2.78. The van der Waals surface area contributed by atoms with Crippen LogP contribution >= 0.6 is 0 Å². The number of unbranched alkanes of at least 4 members (excludes halogenated alkanes) is 5. The van der Waals surface area contributed by atoms with E-state index in [9.17, 15) is 5.11 Å². The van der Waals surface area contributed by atoms with Crippen molar-refractivity contribution in [2.75, 3.05) is 6.61 Å². The van der Waals surface area contributed by atoms with Crippen molar-refractivity contribution in [3.8, 4) is 22.6 Å². The Morgan fingerprint density at radius 3 is 2.16 bits per heavy atom. The summed E-state index contributed by atoms with van der Waals surface area (Å²) < 4.78 is 12.0. The summed E-state index contributed by atoms with van der Waals surface area (Å²) in [5, 5.41) is 9.74. The minimum atomic E-state index is -0.465. The van der Waals surface area contributed by atoms with Gasteiger partial charge in [-0.25, -0.2) is 0 Å². The Kier molecular flexibility index (Phi) is 9.64.